The van der Waals surface area contributed by atoms with E-state index in [9.17, 15) is 9.18 Å². The van der Waals surface area contributed by atoms with E-state index in [0.717, 1.165) is 44.2 Å². The first-order valence-corrected chi connectivity index (χ1v) is 15.1. The van der Waals surface area contributed by atoms with Crippen LogP contribution in [-0.4, -0.2) is 52.3 Å². The van der Waals surface area contributed by atoms with Crippen LogP contribution in [0.1, 0.15) is 52.9 Å². The Kier molecular flexibility index (Phi) is 8.59. The molecule has 8 heteroatoms. The molecule has 0 aromatic heterocycles. The van der Waals surface area contributed by atoms with Gasteiger partial charge in [0.15, 0.2) is 8.32 Å². The number of hydrogen-bond donors (Lipinski definition) is 3. The molecule has 2 aliphatic carbocycles. The lowest BCUT2D eigenvalue weighted by Crippen LogP contribution is -2.48. The van der Waals surface area contributed by atoms with Crippen molar-refractivity contribution in [3.8, 4) is 0 Å². The summed E-state index contributed by atoms with van der Waals surface area (Å²) < 4.78 is 26.2. The van der Waals surface area contributed by atoms with Crippen molar-refractivity contribution in [1.82, 2.24) is 10.6 Å². The lowest BCUT2D eigenvalue weighted by Gasteiger charge is -2.40. The Bertz CT molecular complexity index is 790. The molecule has 5 atom stereocenters. The van der Waals surface area contributed by atoms with Gasteiger partial charge in [0.2, 0.25) is 6.41 Å². The van der Waals surface area contributed by atoms with Gasteiger partial charge in [0.05, 0.1) is 18.8 Å². The number of piperidine rings is 1. The van der Waals surface area contributed by atoms with Crippen LogP contribution in [0.15, 0.2) is 35.2 Å². The van der Waals surface area contributed by atoms with E-state index in [0.29, 0.717) is 5.92 Å². The molecule has 0 bridgehead atoms. The summed E-state index contributed by atoms with van der Waals surface area (Å²) in [6, 6.07) is 0.174. The van der Waals surface area contributed by atoms with Crippen LogP contribution in [0.25, 0.3) is 0 Å². The molecule has 2 unspecified atom stereocenters. The number of nitrogens with two attached hydrogens (primary N) is 1. The zero-order chi connectivity index (χ0) is 24.2. The van der Waals surface area contributed by atoms with Crippen LogP contribution >= 0.6 is 0 Å². The molecule has 3 aliphatic rings. The highest BCUT2D eigenvalue weighted by Crippen LogP contribution is 2.38. The molecule has 1 heterocycles. The molecule has 1 saturated heterocycles. The fourth-order valence-electron chi connectivity index (χ4n) is 4.60. The van der Waals surface area contributed by atoms with Crippen molar-refractivity contribution >= 4 is 14.7 Å². The molecule has 1 amide bonds. The van der Waals surface area contributed by atoms with Crippen LogP contribution in [0, 0.1) is 5.92 Å². The fraction of sp³-hybridized carbons (Fsp3) is 0.720. The second-order valence-corrected chi connectivity index (χ2v) is 15.9. The minimum atomic E-state index is -2.07. The Balaban J connectivity index is 1.57. The smallest absolute Gasteiger partial charge is 0.211 e. The van der Waals surface area contributed by atoms with Crippen LogP contribution in [-0.2, 0) is 14.0 Å². The third-order valence-corrected chi connectivity index (χ3v) is 12.2. The number of halogens is 1. The average molecular weight is 480 g/mol. The number of alkyl halides is 1. The molecular formula is C25H42FN3O3Si. The summed E-state index contributed by atoms with van der Waals surface area (Å²) >= 11 is 0. The quantitative estimate of drug-likeness (QED) is 0.264. The first kappa shape index (κ1) is 26.1. The van der Waals surface area contributed by atoms with Gasteiger partial charge >= 0.3 is 0 Å². The van der Waals surface area contributed by atoms with Gasteiger partial charge in [-0.15, -0.1) is 0 Å². The first-order valence-electron chi connectivity index (χ1n) is 12.2. The Labute approximate surface area is 199 Å². The minimum absolute atomic E-state index is 0.0230. The van der Waals surface area contributed by atoms with Gasteiger partial charge < -0.3 is 25.5 Å². The number of allylic oxidation sites excluding steroid dienone is 4. The number of ether oxygens (including phenoxy) is 1. The highest BCUT2D eigenvalue weighted by atomic mass is 28.4. The minimum Gasteiger partial charge on any atom is -0.409 e. The van der Waals surface area contributed by atoms with E-state index in [1.165, 1.54) is 11.3 Å². The molecule has 33 heavy (non-hydrogen) atoms. The predicted molar refractivity (Wildman–Crippen MR) is 133 cm³/mol. The number of fused-ring (bicyclic) bond motifs is 1. The van der Waals surface area contributed by atoms with Crippen molar-refractivity contribution in [2.24, 2.45) is 11.7 Å². The molecule has 1 aliphatic heterocycles. The molecule has 4 N–H and O–H groups in total. The van der Waals surface area contributed by atoms with Crippen molar-refractivity contribution in [2.75, 3.05) is 13.3 Å². The number of carbonyl (C=O) groups is 1. The summed E-state index contributed by atoms with van der Waals surface area (Å²) in [5.41, 5.74) is 9.90. The SMILES string of the molecule is CC(C)(C)[Si](C)(C)OC(CF)CO[C@@H]1CC(C2CC[C@@H]3CC(NC=O)=CC=C3N2)=CC[C@@H]1N. The predicted octanol–water partition coefficient (Wildman–Crippen LogP) is 4.06. The van der Waals surface area contributed by atoms with Crippen molar-refractivity contribution in [1.29, 1.82) is 0 Å². The zero-order valence-corrected chi connectivity index (χ0v) is 21.8. The number of carbonyl (C=O) groups excluding carboxylic acids is 1. The molecule has 0 spiro atoms. The maximum atomic E-state index is 13.8. The topological polar surface area (TPSA) is 85.6 Å². The third kappa shape index (κ3) is 6.56. The Morgan fingerprint density at radius 1 is 1.30 bits per heavy atom. The van der Waals surface area contributed by atoms with Crippen molar-refractivity contribution in [2.45, 2.75) is 95.3 Å². The third-order valence-electron chi connectivity index (χ3n) is 7.71. The molecule has 3 rings (SSSR count). The van der Waals surface area contributed by atoms with E-state index in [-0.39, 0.29) is 29.8 Å². The maximum absolute atomic E-state index is 13.8. The fourth-order valence-corrected chi connectivity index (χ4v) is 5.92. The van der Waals surface area contributed by atoms with E-state index in [1.54, 1.807) is 0 Å². The Morgan fingerprint density at radius 3 is 2.73 bits per heavy atom. The van der Waals surface area contributed by atoms with Gasteiger partial charge in [-0.3, -0.25) is 4.79 Å². The molecule has 0 saturated carbocycles. The average Bonchev–Trinajstić information content (AvgIpc) is 2.76. The van der Waals surface area contributed by atoms with Gasteiger partial charge in [-0.05, 0) is 68.0 Å². The lowest BCUT2D eigenvalue weighted by atomic mass is 9.80. The van der Waals surface area contributed by atoms with E-state index in [2.05, 4.69) is 56.7 Å². The van der Waals surface area contributed by atoms with Gasteiger partial charge in [-0.2, -0.15) is 0 Å². The monoisotopic (exact) mass is 479 g/mol. The van der Waals surface area contributed by atoms with Crippen molar-refractivity contribution in [3.63, 3.8) is 0 Å². The molecule has 0 aromatic carbocycles. The first-order chi connectivity index (χ1) is 15.5. The van der Waals surface area contributed by atoms with Gasteiger partial charge in [-0.25, -0.2) is 4.39 Å². The van der Waals surface area contributed by atoms with Crippen LogP contribution in [0.2, 0.25) is 18.1 Å². The lowest BCUT2D eigenvalue weighted by molar-refractivity contribution is -0.109. The summed E-state index contributed by atoms with van der Waals surface area (Å²) in [6.45, 7) is 10.4. The molecule has 1 fully saturated rings. The zero-order valence-electron chi connectivity index (χ0n) is 20.8. The summed E-state index contributed by atoms with van der Waals surface area (Å²) in [7, 11) is -2.07. The number of hydrogen-bond acceptors (Lipinski definition) is 5. The van der Waals surface area contributed by atoms with Crippen molar-refractivity contribution < 1.29 is 18.3 Å². The second kappa shape index (κ2) is 10.8. The van der Waals surface area contributed by atoms with Crippen LogP contribution in [0.5, 0.6) is 0 Å². The van der Waals surface area contributed by atoms with Gasteiger partial charge in [0.25, 0.3) is 0 Å². The van der Waals surface area contributed by atoms with Gasteiger partial charge in [0, 0.05) is 29.4 Å². The van der Waals surface area contributed by atoms with Crippen LogP contribution in [0.4, 0.5) is 4.39 Å². The van der Waals surface area contributed by atoms with E-state index in [1.807, 2.05) is 6.08 Å². The molecule has 186 valence electrons. The van der Waals surface area contributed by atoms with Crippen LogP contribution < -0.4 is 16.4 Å². The largest absolute Gasteiger partial charge is 0.409 e. The summed E-state index contributed by atoms with van der Waals surface area (Å²) in [5, 5.41) is 6.51. The van der Waals surface area contributed by atoms with Crippen LogP contribution in [0.3, 0.4) is 0 Å². The van der Waals surface area contributed by atoms with Gasteiger partial charge in [0.1, 0.15) is 6.67 Å². The highest BCUT2D eigenvalue weighted by Gasteiger charge is 2.40. The van der Waals surface area contributed by atoms with E-state index >= 15 is 0 Å². The van der Waals surface area contributed by atoms with E-state index < -0.39 is 21.1 Å². The number of amides is 1. The number of rotatable bonds is 9. The van der Waals surface area contributed by atoms with E-state index in [4.69, 9.17) is 14.9 Å². The summed E-state index contributed by atoms with van der Waals surface area (Å²) in [5.74, 6) is 0.421. The summed E-state index contributed by atoms with van der Waals surface area (Å²) in [6.07, 6.45) is 10.8. The van der Waals surface area contributed by atoms with Crippen molar-refractivity contribution in [3.05, 3.63) is 35.2 Å². The Hall–Kier alpha value is -1.48. The normalized spacial score (nSPS) is 29.1. The maximum Gasteiger partial charge on any atom is 0.211 e. The molecular weight excluding hydrogens is 437 g/mol. The standard InChI is InChI=1S/C25H42FN3O3Si/c1-25(2,3)33(4,5)32-20(14-26)15-31-24-13-18(6-9-21(24)27)22-10-7-17-12-19(28-16-30)8-11-23(17)29-22/h6,8,11,16-17,20-22,24,29H,7,9-10,12-15,27H2,1-5H3,(H,28,30)/t17-,20?,21+,22?,24-/m1/s1. The molecule has 0 radical (unpaired) electrons. The summed E-state index contributed by atoms with van der Waals surface area (Å²) in [4.78, 5) is 10.7. The Morgan fingerprint density at radius 2 is 2.06 bits per heavy atom. The highest BCUT2D eigenvalue weighted by molar-refractivity contribution is 6.74. The molecule has 6 nitrogen and oxygen atoms in total. The number of nitrogens with one attached hydrogen (secondary N) is 2. The molecule has 0 aromatic rings. The second-order valence-electron chi connectivity index (χ2n) is 11.2. The van der Waals surface area contributed by atoms with Gasteiger partial charge in [-0.1, -0.05) is 26.8 Å².